The Morgan fingerprint density at radius 3 is 2.81 bits per heavy atom. The van der Waals surface area contributed by atoms with Crippen LogP contribution in [-0.2, 0) is 7.05 Å². The molecule has 3 aromatic heterocycles. The minimum atomic E-state index is -0.176. The summed E-state index contributed by atoms with van der Waals surface area (Å²) in [5.41, 5.74) is 2.47. The van der Waals surface area contributed by atoms with Crippen molar-refractivity contribution in [1.82, 2.24) is 24.6 Å². The number of amides is 2. The van der Waals surface area contributed by atoms with Crippen LogP contribution in [0.15, 0.2) is 30.6 Å². The zero-order valence-corrected chi connectivity index (χ0v) is 18.2. The first-order valence-corrected chi connectivity index (χ1v) is 10.2. The number of methoxy groups -OCH3 is 2. The first kappa shape index (κ1) is 20.7. The summed E-state index contributed by atoms with van der Waals surface area (Å²) in [6.45, 7) is 4.06. The van der Waals surface area contributed by atoms with Crippen LogP contribution >= 0.6 is 0 Å². The van der Waals surface area contributed by atoms with E-state index in [0.29, 0.717) is 30.5 Å². The number of aromatic nitrogens is 4. The quantitative estimate of drug-likeness (QED) is 0.671. The van der Waals surface area contributed by atoms with E-state index in [9.17, 15) is 4.79 Å². The lowest BCUT2D eigenvalue weighted by molar-refractivity contribution is 0.197. The first-order valence-electron chi connectivity index (χ1n) is 10.2. The number of nitrogens with one attached hydrogen (secondary N) is 1. The number of hydrogen-bond donors (Lipinski definition) is 1. The Morgan fingerprint density at radius 2 is 2.06 bits per heavy atom. The zero-order chi connectivity index (χ0) is 22.0. The summed E-state index contributed by atoms with van der Waals surface area (Å²) in [5, 5.41) is 8.29. The fraction of sp³-hybridized carbons (Fsp3) is 0.429. The van der Waals surface area contributed by atoms with Crippen molar-refractivity contribution in [3.63, 3.8) is 0 Å². The molecule has 3 aromatic rings. The molecule has 4 rings (SSSR count). The van der Waals surface area contributed by atoms with Gasteiger partial charge >= 0.3 is 6.03 Å². The van der Waals surface area contributed by atoms with Crippen molar-refractivity contribution >= 4 is 28.4 Å². The van der Waals surface area contributed by atoms with Crippen LogP contribution < -0.4 is 19.7 Å². The molecule has 1 atom stereocenters. The van der Waals surface area contributed by atoms with Gasteiger partial charge in [-0.1, -0.05) is 6.92 Å². The molecule has 164 valence electrons. The molecule has 1 aliphatic heterocycles. The molecule has 1 aliphatic rings. The predicted molar refractivity (Wildman–Crippen MR) is 118 cm³/mol. The average Bonchev–Trinajstić information content (AvgIpc) is 3.19. The number of ether oxygens (including phenoxy) is 2. The maximum absolute atomic E-state index is 13.0. The maximum Gasteiger partial charge on any atom is 0.322 e. The Kier molecular flexibility index (Phi) is 5.79. The van der Waals surface area contributed by atoms with Crippen LogP contribution in [0.4, 0.5) is 16.2 Å². The van der Waals surface area contributed by atoms with Gasteiger partial charge in [0, 0.05) is 45.0 Å². The lowest BCUT2D eigenvalue weighted by atomic mass is 10.1. The van der Waals surface area contributed by atoms with Crippen LogP contribution in [0.25, 0.3) is 11.0 Å². The molecule has 1 saturated heterocycles. The van der Waals surface area contributed by atoms with Crippen molar-refractivity contribution in [2.75, 3.05) is 44.1 Å². The van der Waals surface area contributed by atoms with Crippen LogP contribution in [0, 0.1) is 0 Å². The van der Waals surface area contributed by atoms with E-state index in [-0.39, 0.29) is 12.1 Å². The Bertz CT molecular complexity index is 1080. The van der Waals surface area contributed by atoms with E-state index in [1.807, 2.05) is 30.4 Å². The minimum Gasteiger partial charge on any atom is -0.481 e. The number of rotatable bonds is 5. The minimum absolute atomic E-state index is 0.176. The Morgan fingerprint density at radius 1 is 1.23 bits per heavy atom. The molecule has 31 heavy (non-hydrogen) atoms. The summed E-state index contributed by atoms with van der Waals surface area (Å²) >= 11 is 0. The normalized spacial score (nSPS) is 16.5. The highest BCUT2D eigenvalue weighted by molar-refractivity contribution is 5.92. The van der Waals surface area contributed by atoms with Crippen molar-refractivity contribution in [2.45, 2.75) is 19.4 Å². The van der Waals surface area contributed by atoms with Gasteiger partial charge in [-0.3, -0.25) is 4.68 Å². The van der Waals surface area contributed by atoms with Crippen LogP contribution in [0.5, 0.6) is 11.8 Å². The van der Waals surface area contributed by atoms with E-state index in [1.165, 1.54) is 14.2 Å². The number of piperazine rings is 1. The Hall–Kier alpha value is -3.56. The molecule has 1 fully saturated rings. The van der Waals surface area contributed by atoms with Gasteiger partial charge in [-0.05, 0) is 18.6 Å². The van der Waals surface area contributed by atoms with Crippen LogP contribution in [0.2, 0.25) is 0 Å². The molecular formula is C21H27N7O3. The third kappa shape index (κ3) is 3.92. The van der Waals surface area contributed by atoms with Gasteiger partial charge in [0.25, 0.3) is 0 Å². The summed E-state index contributed by atoms with van der Waals surface area (Å²) in [6, 6.07) is 5.45. The van der Waals surface area contributed by atoms with E-state index in [1.54, 1.807) is 16.8 Å². The van der Waals surface area contributed by atoms with E-state index in [2.05, 4.69) is 32.2 Å². The van der Waals surface area contributed by atoms with Gasteiger partial charge in [-0.2, -0.15) is 10.1 Å². The number of aryl methyl sites for hydroxylation is 1. The molecule has 0 unspecified atom stereocenters. The molecule has 0 aromatic carbocycles. The Labute approximate surface area is 180 Å². The van der Waals surface area contributed by atoms with Gasteiger partial charge in [-0.15, -0.1) is 0 Å². The van der Waals surface area contributed by atoms with E-state index in [4.69, 9.17) is 9.47 Å². The number of carbonyl (C=O) groups is 1. The molecule has 0 bridgehead atoms. The van der Waals surface area contributed by atoms with Crippen molar-refractivity contribution in [3.8, 4) is 11.8 Å². The smallest absolute Gasteiger partial charge is 0.322 e. The van der Waals surface area contributed by atoms with Crippen LogP contribution in [0.3, 0.4) is 0 Å². The summed E-state index contributed by atoms with van der Waals surface area (Å²) in [4.78, 5) is 25.8. The van der Waals surface area contributed by atoms with E-state index < -0.39 is 0 Å². The molecule has 10 nitrogen and oxygen atoms in total. The second-order valence-electron chi connectivity index (χ2n) is 7.38. The van der Waals surface area contributed by atoms with Gasteiger partial charge in [-0.25, -0.2) is 9.78 Å². The number of carbonyl (C=O) groups excluding carboxylic acids is 1. The summed E-state index contributed by atoms with van der Waals surface area (Å²) < 4.78 is 12.2. The second-order valence-corrected chi connectivity index (χ2v) is 7.38. The van der Waals surface area contributed by atoms with Crippen molar-refractivity contribution in [3.05, 3.63) is 30.6 Å². The molecular weight excluding hydrogens is 398 g/mol. The highest BCUT2D eigenvalue weighted by Gasteiger charge is 2.30. The molecule has 1 N–H and O–H groups in total. The fourth-order valence-corrected chi connectivity index (χ4v) is 3.97. The number of anilines is 2. The lowest BCUT2D eigenvalue weighted by Crippen LogP contribution is -2.55. The van der Waals surface area contributed by atoms with Crippen molar-refractivity contribution in [1.29, 1.82) is 0 Å². The second kappa shape index (κ2) is 8.66. The molecule has 0 aliphatic carbocycles. The molecule has 0 saturated carbocycles. The summed E-state index contributed by atoms with van der Waals surface area (Å²) in [5.74, 6) is 0.739. The average molecular weight is 425 g/mol. The number of nitrogens with zero attached hydrogens (tertiary/aromatic N) is 6. The third-order valence-corrected chi connectivity index (χ3v) is 5.64. The summed E-state index contributed by atoms with van der Waals surface area (Å²) in [7, 11) is 4.94. The van der Waals surface area contributed by atoms with Crippen LogP contribution in [0.1, 0.15) is 13.3 Å². The van der Waals surface area contributed by atoms with Crippen molar-refractivity contribution in [2.24, 2.45) is 7.05 Å². The molecule has 2 amide bonds. The topological polar surface area (TPSA) is 97.6 Å². The largest absolute Gasteiger partial charge is 0.481 e. The molecule has 10 heteroatoms. The van der Waals surface area contributed by atoms with Gasteiger partial charge in [0.15, 0.2) is 5.65 Å². The molecule has 4 heterocycles. The molecule has 0 radical (unpaired) electrons. The van der Waals surface area contributed by atoms with E-state index >= 15 is 0 Å². The number of hydrogen-bond acceptors (Lipinski definition) is 7. The number of pyridine rings is 2. The van der Waals surface area contributed by atoms with Crippen LogP contribution in [-0.4, -0.2) is 70.6 Å². The standard InChI is InChI=1S/C21H27N7O3/c1-5-14-13-27(21(29)24-16-6-7-18(30-3)25-20(16)31-4)10-11-28(14)17-8-9-22-19-15(17)12-23-26(19)2/h6-9,12,14H,5,10-11,13H2,1-4H3,(H,24,29)/t14-/m0/s1. The van der Waals surface area contributed by atoms with Gasteiger partial charge < -0.3 is 24.6 Å². The molecule has 0 spiro atoms. The van der Waals surface area contributed by atoms with Gasteiger partial charge in [0.2, 0.25) is 11.8 Å². The number of fused-ring (bicyclic) bond motifs is 1. The highest BCUT2D eigenvalue weighted by Crippen LogP contribution is 2.30. The Balaban J connectivity index is 1.50. The summed E-state index contributed by atoms with van der Waals surface area (Å²) in [6.07, 6.45) is 4.57. The first-order chi connectivity index (χ1) is 15.0. The fourth-order valence-electron chi connectivity index (χ4n) is 3.97. The SMILES string of the molecule is CC[C@H]1CN(C(=O)Nc2ccc(OC)nc2OC)CCN1c1ccnc2c1cnn2C. The number of urea groups is 1. The van der Waals surface area contributed by atoms with Crippen molar-refractivity contribution < 1.29 is 14.3 Å². The van der Waals surface area contributed by atoms with E-state index in [0.717, 1.165) is 29.7 Å². The lowest BCUT2D eigenvalue weighted by Gasteiger charge is -2.42. The maximum atomic E-state index is 13.0. The van der Waals surface area contributed by atoms with Gasteiger partial charge in [0.05, 0.1) is 31.5 Å². The zero-order valence-electron chi connectivity index (χ0n) is 18.2. The monoisotopic (exact) mass is 425 g/mol. The van der Waals surface area contributed by atoms with Gasteiger partial charge in [0.1, 0.15) is 5.69 Å². The predicted octanol–water partition coefficient (Wildman–Crippen LogP) is 2.51. The highest BCUT2D eigenvalue weighted by atomic mass is 16.5. The third-order valence-electron chi connectivity index (χ3n) is 5.64.